The van der Waals surface area contributed by atoms with Gasteiger partial charge in [-0.25, -0.2) is 0 Å². The van der Waals surface area contributed by atoms with Crippen molar-refractivity contribution in [3.8, 4) is 5.75 Å². The zero-order chi connectivity index (χ0) is 16.9. The van der Waals surface area contributed by atoms with Gasteiger partial charge < -0.3 is 20.2 Å². The number of amides is 1. The van der Waals surface area contributed by atoms with Gasteiger partial charge in [0.2, 0.25) is 0 Å². The first-order valence-corrected chi connectivity index (χ1v) is 7.70. The van der Waals surface area contributed by atoms with Crippen LogP contribution in [0.5, 0.6) is 5.75 Å². The van der Waals surface area contributed by atoms with Gasteiger partial charge in [-0.05, 0) is 23.1 Å². The fourth-order valence-electron chi connectivity index (χ4n) is 2.25. The highest BCUT2D eigenvalue weighted by Gasteiger charge is 2.18. The van der Waals surface area contributed by atoms with Gasteiger partial charge in [0, 0.05) is 0 Å². The number of carbonyl (C=O) groups excluding carboxylic acids is 1. The Balaban J connectivity index is 1.85. The van der Waals surface area contributed by atoms with Gasteiger partial charge in [-0.3, -0.25) is 4.79 Å². The van der Waals surface area contributed by atoms with Crippen LogP contribution in [0.2, 0.25) is 0 Å². The lowest BCUT2D eigenvalue weighted by Gasteiger charge is -2.22. The van der Waals surface area contributed by atoms with Crippen LogP contribution < -0.4 is 15.8 Å². The van der Waals surface area contributed by atoms with E-state index in [-0.39, 0.29) is 17.9 Å². The van der Waals surface area contributed by atoms with Gasteiger partial charge in [0.1, 0.15) is 24.4 Å². The second-order valence-electron chi connectivity index (χ2n) is 6.36. The molecule has 0 bridgehead atoms. The Hall–Kier alpha value is -2.27. The molecule has 0 unspecified atom stereocenters. The minimum Gasteiger partial charge on any atom is -0.491 e. The SMILES string of the molecule is CC(C)(C)c1ccccc1OCCNC(=O)c1coc(CN)c1. The first-order chi connectivity index (χ1) is 10.9. The van der Waals surface area contributed by atoms with Crippen molar-refractivity contribution in [2.75, 3.05) is 13.2 Å². The van der Waals surface area contributed by atoms with E-state index in [1.807, 2.05) is 18.2 Å². The monoisotopic (exact) mass is 316 g/mol. The lowest BCUT2D eigenvalue weighted by Crippen LogP contribution is -2.28. The van der Waals surface area contributed by atoms with Crippen molar-refractivity contribution in [1.29, 1.82) is 0 Å². The molecule has 0 aliphatic heterocycles. The number of para-hydroxylation sites is 1. The van der Waals surface area contributed by atoms with Gasteiger partial charge in [-0.1, -0.05) is 39.0 Å². The maximum Gasteiger partial charge on any atom is 0.254 e. The summed E-state index contributed by atoms with van der Waals surface area (Å²) in [5.74, 6) is 1.25. The van der Waals surface area contributed by atoms with Crippen molar-refractivity contribution in [2.24, 2.45) is 5.73 Å². The van der Waals surface area contributed by atoms with Crippen LogP contribution >= 0.6 is 0 Å². The summed E-state index contributed by atoms with van der Waals surface area (Å²) in [6.07, 6.45) is 1.41. The normalized spacial score (nSPS) is 11.3. The first-order valence-electron chi connectivity index (χ1n) is 7.70. The van der Waals surface area contributed by atoms with Gasteiger partial charge in [0.25, 0.3) is 5.91 Å². The molecule has 1 aromatic heterocycles. The molecule has 5 nitrogen and oxygen atoms in total. The molecule has 23 heavy (non-hydrogen) atoms. The van der Waals surface area contributed by atoms with E-state index < -0.39 is 0 Å². The van der Waals surface area contributed by atoms with Gasteiger partial charge in [0.05, 0.1) is 18.7 Å². The summed E-state index contributed by atoms with van der Waals surface area (Å²) in [4.78, 5) is 11.9. The Kier molecular flexibility index (Phi) is 5.45. The van der Waals surface area contributed by atoms with E-state index in [1.165, 1.54) is 6.26 Å². The zero-order valence-corrected chi connectivity index (χ0v) is 13.9. The fraction of sp³-hybridized carbons (Fsp3) is 0.389. The minimum absolute atomic E-state index is 0.00919. The molecule has 0 saturated heterocycles. The Morgan fingerprint density at radius 2 is 2.04 bits per heavy atom. The standard InChI is InChI=1S/C18H24N2O3/c1-18(2,3)15-6-4-5-7-16(15)22-9-8-20-17(21)13-10-14(11-19)23-12-13/h4-7,10,12H,8-9,11,19H2,1-3H3,(H,20,21). The molecule has 0 spiro atoms. The summed E-state index contributed by atoms with van der Waals surface area (Å²) in [5.41, 5.74) is 7.08. The summed E-state index contributed by atoms with van der Waals surface area (Å²) in [6.45, 7) is 7.53. The van der Waals surface area contributed by atoms with Crippen molar-refractivity contribution in [3.63, 3.8) is 0 Å². The van der Waals surface area contributed by atoms with Gasteiger partial charge in [-0.2, -0.15) is 0 Å². The van der Waals surface area contributed by atoms with Crippen LogP contribution in [0.25, 0.3) is 0 Å². The molecular formula is C18H24N2O3. The number of hydrogen-bond donors (Lipinski definition) is 2. The maximum atomic E-state index is 11.9. The van der Waals surface area contributed by atoms with Crippen LogP contribution in [0.3, 0.4) is 0 Å². The molecule has 3 N–H and O–H groups in total. The molecule has 0 radical (unpaired) electrons. The second-order valence-corrected chi connectivity index (χ2v) is 6.36. The zero-order valence-electron chi connectivity index (χ0n) is 13.9. The number of furan rings is 1. The van der Waals surface area contributed by atoms with Gasteiger partial charge in [0.15, 0.2) is 0 Å². The highest BCUT2D eigenvalue weighted by Crippen LogP contribution is 2.30. The summed E-state index contributed by atoms with van der Waals surface area (Å²) in [6, 6.07) is 9.61. The second kappa shape index (κ2) is 7.33. The molecule has 2 aromatic rings. The summed E-state index contributed by atoms with van der Waals surface area (Å²) in [7, 11) is 0. The van der Waals surface area contributed by atoms with Crippen LogP contribution in [0, 0.1) is 0 Å². The highest BCUT2D eigenvalue weighted by atomic mass is 16.5. The lowest BCUT2D eigenvalue weighted by atomic mass is 9.86. The average Bonchev–Trinajstić information content (AvgIpc) is 3.00. The maximum absolute atomic E-state index is 11.9. The van der Waals surface area contributed by atoms with Crippen molar-refractivity contribution < 1.29 is 13.9 Å². The van der Waals surface area contributed by atoms with E-state index in [1.54, 1.807) is 6.07 Å². The van der Waals surface area contributed by atoms with E-state index in [9.17, 15) is 4.79 Å². The first kappa shape index (κ1) is 17.1. The quantitative estimate of drug-likeness (QED) is 0.803. The molecule has 124 valence electrons. The summed E-state index contributed by atoms with van der Waals surface area (Å²) in [5, 5.41) is 2.80. The van der Waals surface area contributed by atoms with Crippen molar-refractivity contribution in [1.82, 2.24) is 5.32 Å². The number of benzene rings is 1. The number of nitrogens with one attached hydrogen (secondary N) is 1. The molecule has 0 aliphatic carbocycles. The number of rotatable bonds is 6. The molecular weight excluding hydrogens is 292 g/mol. The number of nitrogens with two attached hydrogens (primary N) is 1. The van der Waals surface area contributed by atoms with E-state index in [0.717, 1.165) is 11.3 Å². The van der Waals surface area contributed by atoms with Crippen molar-refractivity contribution >= 4 is 5.91 Å². The van der Waals surface area contributed by atoms with Gasteiger partial charge >= 0.3 is 0 Å². The lowest BCUT2D eigenvalue weighted by molar-refractivity contribution is 0.0946. The van der Waals surface area contributed by atoms with Crippen LogP contribution in [0.4, 0.5) is 0 Å². The van der Waals surface area contributed by atoms with Crippen molar-refractivity contribution in [2.45, 2.75) is 32.7 Å². The third kappa shape index (κ3) is 4.60. The number of ether oxygens (including phenoxy) is 1. The Bertz CT molecular complexity index is 656. The predicted molar refractivity (Wildman–Crippen MR) is 89.6 cm³/mol. The van der Waals surface area contributed by atoms with Gasteiger partial charge in [-0.15, -0.1) is 0 Å². The molecule has 0 atom stereocenters. The van der Waals surface area contributed by atoms with Crippen molar-refractivity contribution in [3.05, 3.63) is 53.5 Å². The summed E-state index contributed by atoms with van der Waals surface area (Å²) < 4.78 is 11.0. The molecule has 5 heteroatoms. The number of carbonyl (C=O) groups is 1. The fourth-order valence-corrected chi connectivity index (χ4v) is 2.25. The van der Waals surface area contributed by atoms with Crippen LogP contribution in [-0.4, -0.2) is 19.1 Å². The predicted octanol–water partition coefficient (Wildman–Crippen LogP) is 2.84. The minimum atomic E-state index is -0.193. The van der Waals surface area contributed by atoms with Crippen LogP contribution in [0.15, 0.2) is 41.0 Å². The Labute approximate surface area is 136 Å². The third-order valence-electron chi connectivity index (χ3n) is 3.46. The molecule has 1 aromatic carbocycles. The topological polar surface area (TPSA) is 77.5 Å². The molecule has 1 amide bonds. The highest BCUT2D eigenvalue weighted by molar-refractivity contribution is 5.93. The molecule has 0 aliphatic rings. The molecule has 1 heterocycles. The number of hydrogen-bond acceptors (Lipinski definition) is 4. The molecule has 0 fully saturated rings. The summed E-state index contributed by atoms with van der Waals surface area (Å²) >= 11 is 0. The van der Waals surface area contributed by atoms with E-state index in [2.05, 4.69) is 32.2 Å². The van der Waals surface area contributed by atoms with Crippen LogP contribution in [0.1, 0.15) is 42.5 Å². The van der Waals surface area contributed by atoms with E-state index in [4.69, 9.17) is 14.9 Å². The smallest absolute Gasteiger partial charge is 0.254 e. The van der Waals surface area contributed by atoms with E-state index >= 15 is 0 Å². The van der Waals surface area contributed by atoms with Crippen LogP contribution in [-0.2, 0) is 12.0 Å². The van der Waals surface area contributed by atoms with E-state index in [0.29, 0.717) is 24.5 Å². The molecule has 0 saturated carbocycles. The Morgan fingerprint density at radius 1 is 1.30 bits per heavy atom. The Morgan fingerprint density at radius 3 is 2.70 bits per heavy atom. The molecule has 2 rings (SSSR count). The largest absolute Gasteiger partial charge is 0.491 e. The average molecular weight is 316 g/mol. The third-order valence-corrected chi connectivity index (χ3v) is 3.46.